The highest BCUT2D eigenvalue weighted by molar-refractivity contribution is 5.95. The van der Waals surface area contributed by atoms with Crippen molar-refractivity contribution < 1.29 is 14.6 Å². The van der Waals surface area contributed by atoms with E-state index in [1.165, 1.54) is 24.3 Å². The van der Waals surface area contributed by atoms with Crippen LogP contribution in [0, 0.1) is 27.2 Å². The van der Waals surface area contributed by atoms with E-state index in [2.05, 4.69) is 26.1 Å². The molecule has 0 bridgehead atoms. The van der Waals surface area contributed by atoms with Gasteiger partial charge in [-0.1, -0.05) is 23.8 Å². The van der Waals surface area contributed by atoms with Crippen molar-refractivity contribution in [3.8, 4) is 0 Å². The number of hydrogen-bond donors (Lipinski definition) is 3. The van der Waals surface area contributed by atoms with Crippen molar-refractivity contribution in [3.63, 3.8) is 0 Å². The molecule has 3 rings (SSSR count). The highest BCUT2D eigenvalue weighted by Crippen LogP contribution is 2.31. The van der Waals surface area contributed by atoms with E-state index < -0.39 is 21.4 Å². The van der Waals surface area contributed by atoms with Gasteiger partial charge in [0, 0.05) is 23.4 Å². The summed E-state index contributed by atoms with van der Waals surface area (Å²) < 4.78 is 0. The van der Waals surface area contributed by atoms with Crippen molar-refractivity contribution in [2.45, 2.75) is 6.92 Å². The second-order valence-electron chi connectivity index (χ2n) is 6.05. The van der Waals surface area contributed by atoms with Gasteiger partial charge in [-0.2, -0.15) is 0 Å². The van der Waals surface area contributed by atoms with Gasteiger partial charge in [0.1, 0.15) is 6.33 Å². The Morgan fingerprint density at radius 2 is 1.67 bits per heavy atom. The monoisotopic (exact) mass is 409 g/mol. The molecule has 30 heavy (non-hydrogen) atoms. The fraction of sp³-hybridized carbons (Fsp3) is 0.0556. The number of nitrogens with one attached hydrogen (secondary N) is 3. The summed E-state index contributed by atoms with van der Waals surface area (Å²) in [5, 5.41) is 25.2. The van der Waals surface area contributed by atoms with E-state index in [4.69, 9.17) is 0 Å². The van der Waals surface area contributed by atoms with Crippen molar-refractivity contribution in [1.82, 2.24) is 15.4 Å². The molecule has 0 aliphatic rings. The van der Waals surface area contributed by atoms with E-state index in [9.17, 15) is 25.0 Å². The van der Waals surface area contributed by atoms with Gasteiger partial charge in [-0.3, -0.25) is 35.9 Å². The molecule has 0 saturated carbocycles. The molecule has 12 heteroatoms. The number of hydrazine groups is 1. The smallest absolute Gasteiger partial charge is 0.334 e. The van der Waals surface area contributed by atoms with Crippen molar-refractivity contribution >= 4 is 34.6 Å². The molecule has 1 amide bonds. The molecule has 0 spiro atoms. The lowest BCUT2D eigenvalue weighted by Crippen LogP contribution is -2.30. The number of nitro groups is 2. The van der Waals surface area contributed by atoms with E-state index in [-0.39, 0.29) is 23.0 Å². The van der Waals surface area contributed by atoms with Crippen LogP contribution < -0.4 is 16.2 Å². The van der Waals surface area contributed by atoms with Crippen LogP contribution in [0.1, 0.15) is 15.9 Å². The molecular formula is C18H15N7O5. The molecule has 0 aliphatic carbocycles. The third-order valence-electron chi connectivity index (χ3n) is 3.93. The van der Waals surface area contributed by atoms with E-state index >= 15 is 0 Å². The Kier molecular flexibility index (Phi) is 5.77. The molecule has 0 unspecified atom stereocenters. The molecule has 3 aromatic rings. The zero-order valence-corrected chi connectivity index (χ0v) is 15.5. The first-order valence-corrected chi connectivity index (χ1v) is 8.49. The van der Waals surface area contributed by atoms with Gasteiger partial charge in [0.2, 0.25) is 11.6 Å². The summed E-state index contributed by atoms with van der Waals surface area (Å²) in [4.78, 5) is 41.0. The number of hydrogen-bond acceptors (Lipinski definition) is 9. The minimum Gasteiger partial charge on any atom is -0.334 e. The number of rotatable bonds is 7. The predicted molar refractivity (Wildman–Crippen MR) is 107 cm³/mol. The molecule has 2 aromatic carbocycles. The third kappa shape index (κ3) is 4.62. The van der Waals surface area contributed by atoms with Crippen LogP contribution in [0.25, 0.3) is 0 Å². The number of nitrogens with zero attached hydrogens (tertiary/aromatic N) is 4. The van der Waals surface area contributed by atoms with Gasteiger partial charge in [0.05, 0.1) is 9.85 Å². The predicted octanol–water partition coefficient (Wildman–Crippen LogP) is 3.10. The van der Waals surface area contributed by atoms with Crippen molar-refractivity contribution in [3.05, 3.63) is 86.2 Å². The minimum atomic E-state index is -0.736. The lowest BCUT2D eigenvalue weighted by molar-refractivity contribution is -0.384. The zero-order valence-electron chi connectivity index (χ0n) is 15.5. The highest BCUT2D eigenvalue weighted by Gasteiger charge is 2.24. The molecule has 3 N–H and O–H groups in total. The molecule has 1 aromatic heterocycles. The van der Waals surface area contributed by atoms with Gasteiger partial charge < -0.3 is 5.32 Å². The molecule has 0 saturated heterocycles. The maximum Gasteiger partial charge on any atom is 0.355 e. The lowest BCUT2D eigenvalue weighted by Gasteiger charge is -2.11. The second kappa shape index (κ2) is 8.60. The second-order valence-corrected chi connectivity index (χ2v) is 6.05. The molecule has 0 aliphatic heterocycles. The fourth-order valence-corrected chi connectivity index (χ4v) is 2.46. The Morgan fingerprint density at radius 3 is 2.33 bits per heavy atom. The van der Waals surface area contributed by atoms with Crippen LogP contribution >= 0.6 is 0 Å². The third-order valence-corrected chi connectivity index (χ3v) is 3.93. The minimum absolute atomic E-state index is 0.194. The first-order chi connectivity index (χ1) is 14.3. The standard InChI is InChI=1S/C18H15N7O5/c1-11-5-7-12(8-6-11)18(26)23-22-17-15(25(29)30)16(19-10-20-17)21-13-3-2-4-14(9-13)24(27)28/h2-10H,1H3,(H,23,26)(H2,19,20,21,22). The van der Waals surface area contributed by atoms with Gasteiger partial charge in [0.15, 0.2) is 0 Å². The number of non-ortho nitro benzene ring substituents is 1. The maximum atomic E-state index is 12.2. The number of aryl methyl sites for hydroxylation is 1. The molecular weight excluding hydrogens is 394 g/mol. The summed E-state index contributed by atoms with van der Waals surface area (Å²) in [6.45, 7) is 1.88. The van der Waals surface area contributed by atoms with Gasteiger partial charge in [-0.25, -0.2) is 9.97 Å². The number of aromatic nitrogens is 2. The number of amides is 1. The van der Waals surface area contributed by atoms with Gasteiger partial charge in [-0.15, -0.1) is 0 Å². The van der Waals surface area contributed by atoms with Crippen LogP contribution in [0.2, 0.25) is 0 Å². The number of anilines is 3. The van der Waals surface area contributed by atoms with Crippen molar-refractivity contribution in [2.75, 3.05) is 10.7 Å². The van der Waals surface area contributed by atoms with Crippen molar-refractivity contribution in [2.24, 2.45) is 0 Å². The van der Waals surface area contributed by atoms with Crippen LogP contribution in [0.5, 0.6) is 0 Å². The summed E-state index contributed by atoms with van der Waals surface area (Å²) in [7, 11) is 0. The van der Waals surface area contributed by atoms with E-state index in [0.29, 0.717) is 5.56 Å². The van der Waals surface area contributed by atoms with Crippen LogP contribution in [0.15, 0.2) is 54.9 Å². The van der Waals surface area contributed by atoms with Gasteiger partial charge in [0.25, 0.3) is 11.6 Å². The number of benzene rings is 2. The van der Waals surface area contributed by atoms with Crippen molar-refractivity contribution in [1.29, 1.82) is 0 Å². The average Bonchev–Trinajstić information content (AvgIpc) is 2.72. The van der Waals surface area contributed by atoms with Crippen LogP contribution in [0.4, 0.5) is 28.7 Å². The summed E-state index contributed by atoms with van der Waals surface area (Å²) in [6.07, 6.45) is 1.05. The fourth-order valence-electron chi connectivity index (χ4n) is 2.46. The van der Waals surface area contributed by atoms with Crippen LogP contribution in [-0.4, -0.2) is 25.7 Å². The topological polar surface area (TPSA) is 165 Å². The number of nitro benzene ring substituents is 1. The molecule has 1 heterocycles. The quantitative estimate of drug-likeness (QED) is 0.392. The largest absolute Gasteiger partial charge is 0.355 e. The van der Waals surface area contributed by atoms with Gasteiger partial charge >= 0.3 is 5.69 Å². The van der Waals surface area contributed by atoms with Gasteiger partial charge in [-0.05, 0) is 25.1 Å². The molecule has 0 atom stereocenters. The Hall–Kier alpha value is -4.61. The number of carbonyl (C=O) groups is 1. The molecule has 0 radical (unpaired) electrons. The Balaban J connectivity index is 1.83. The Morgan fingerprint density at radius 1 is 0.967 bits per heavy atom. The summed E-state index contributed by atoms with van der Waals surface area (Å²) >= 11 is 0. The van der Waals surface area contributed by atoms with E-state index in [1.807, 2.05) is 6.92 Å². The summed E-state index contributed by atoms with van der Waals surface area (Å²) in [5.41, 5.74) is 5.57. The highest BCUT2D eigenvalue weighted by atomic mass is 16.6. The normalized spacial score (nSPS) is 10.2. The molecule has 152 valence electrons. The SMILES string of the molecule is Cc1ccc(C(=O)NNc2ncnc(Nc3cccc([N+](=O)[O-])c3)c2[N+](=O)[O-])cc1. The molecule has 12 nitrogen and oxygen atoms in total. The molecule has 0 fully saturated rings. The van der Waals surface area contributed by atoms with Crippen LogP contribution in [-0.2, 0) is 0 Å². The average molecular weight is 409 g/mol. The Bertz CT molecular complexity index is 1120. The maximum absolute atomic E-state index is 12.2. The Labute approximate surface area is 169 Å². The van der Waals surface area contributed by atoms with E-state index in [1.54, 1.807) is 24.3 Å². The van der Waals surface area contributed by atoms with Crippen LogP contribution in [0.3, 0.4) is 0 Å². The summed E-state index contributed by atoms with van der Waals surface area (Å²) in [6, 6.07) is 12.1. The summed E-state index contributed by atoms with van der Waals surface area (Å²) in [5.74, 6) is -0.984. The first kappa shape index (κ1) is 20.1. The lowest BCUT2D eigenvalue weighted by atomic mass is 10.1. The first-order valence-electron chi connectivity index (χ1n) is 8.49. The van der Waals surface area contributed by atoms with E-state index in [0.717, 1.165) is 11.9 Å². The number of carbonyl (C=O) groups excluding carboxylic acids is 1. The zero-order chi connectivity index (χ0) is 21.7.